The summed E-state index contributed by atoms with van der Waals surface area (Å²) in [7, 11) is 0. The summed E-state index contributed by atoms with van der Waals surface area (Å²) in [6.07, 6.45) is 6.82. The van der Waals surface area contributed by atoms with Crippen LogP contribution in [0.2, 0.25) is 0 Å². The average Bonchev–Trinajstić information content (AvgIpc) is 2.77. The van der Waals surface area contributed by atoms with E-state index in [0.29, 0.717) is 33.8 Å². The van der Waals surface area contributed by atoms with Gasteiger partial charge in [0, 0.05) is 6.54 Å². The van der Waals surface area contributed by atoms with Crippen molar-refractivity contribution in [2.24, 2.45) is 5.92 Å². The normalized spacial score (nSPS) is 15.6. The molecule has 1 aromatic heterocycles. The predicted octanol–water partition coefficient (Wildman–Crippen LogP) is 5.23. The van der Waals surface area contributed by atoms with Crippen molar-refractivity contribution in [3.05, 3.63) is 67.5 Å². The van der Waals surface area contributed by atoms with Gasteiger partial charge in [0.1, 0.15) is 0 Å². The zero-order chi connectivity index (χ0) is 21.7. The van der Waals surface area contributed by atoms with Crippen molar-refractivity contribution < 1.29 is 4.79 Å². The molecule has 0 radical (unpaired) electrons. The number of halogens is 1. The van der Waals surface area contributed by atoms with Crippen LogP contribution in [0.5, 0.6) is 0 Å². The van der Waals surface area contributed by atoms with E-state index in [1.807, 2.05) is 39.0 Å². The summed E-state index contributed by atoms with van der Waals surface area (Å²) in [5, 5.41) is 3.33. The highest BCUT2D eigenvalue weighted by atomic mass is 79.9. The molecule has 1 heterocycles. The number of carbonyl (C=O) groups excluding carboxylic acids is 1. The smallest absolute Gasteiger partial charge is 0.283 e. The van der Waals surface area contributed by atoms with Gasteiger partial charge in [0.15, 0.2) is 0 Å². The number of hydrogen-bond acceptors (Lipinski definition) is 3. The maximum absolute atomic E-state index is 13.5. The molecule has 1 aliphatic carbocycles. The molecule has 1 aliphatic rings. The molecule has 1 aromatic carbocycles. The molecule has 1 amide bonds. The second kappa shape index (κ2) is 10.3. The molecule has 3 rings (SSSR count). The third kappa shape index (κ3) is 4.80. The number of aromatic nitrogens is 1. The Labute approximate surface area is 187 Å². The molecule has 5 nitrogen and oxygen atoms in total. The molecule has 6 heteroatoms. The molecule has 0 bridgehead atoms. The first-order valence-corrected chi connectivity index (χ1v) is 11.8. The minimum atomic E-state index is -0.165. The number of benzene rings is 1. The van der Waals surface area contributed by atoms with Crippen LogP contribution in [0, 0.1) is 19.8 Å². The van der Waals surface area contributed by atoms with Gasteiger partial charge < -0.3 is 10.7 Å². The molecule has 162 valence electrons. The summed E-state index contributed by atoms with van der Waals surface area (Å²) in [5.41, 5.74) is 5.99. The number of hydrogen-bond donors (Lipinski definition) is 2. The van der Waals surface area contributed by atoms with Crippen molar-refractivity contribution in [3.63, 3.8) is 0 Å². The zero-order valence-electron chi connectivity index (χ0n) is 18.1. The van der Waals surface area contributed by atoms with E-state index in [-0.39, 0.29) is 17.5 Å². The van der Waals surface area contributed by atoms with Crippen LogP contribution in [0.25, 0.3) is 0 Å². The third-order valence-corrected chi connectivity index (χ3v) is 7.04. The van der Waals surface area contributed by atoms with Crippen molar-refractivity contribution in [1.29, 1.82) is 0 Å². The quantitative estimate of drug-likeness (QED) is 0.578. The molecular formula is C24H32BrN3O2. The number of carbonyl (C=O) groups is 1. The Morgan fingerprint density at radius 1 is 1.17 bits per heavy atom. The fourth-order valence-corrected chi connectivity index (χ4v) is 4.84. The average molecular weight is 474 g/mol. The van der Waals surface area contributed by atoms with Crippen molar-refractivity contribution in [2.75, 3.05) is 12.0 Å². The maximum Gasteiger partial charge on any atom is 0.283 e. The number of nitrogens with one attached hydrogen (secondary N) is 2. The molecule has 1 saturated carbocycles. The Bertz CT molecular complexity index is 934. The van der Waals surface area contributed by atoms with Crippen LogP contribution < -0.4 is 16.3 Å². The lowest BCUT2D eigenvalue weighted by atomic mass is 9.81. The first kappa shape index (κ1) is 22.6. The fraction of sp³-hybridized carbons (Fsp3) is 0.500. The summed E-state index contributed by atoms with van der Waals surface area (Å²) in [6.45, 7) is 6.36. The second-order valence-electron chi connectivity index (χ2n) is 8.21. The van der Waals surface area contributed by atoms with Crippen LogP contribution in [0.15, 0.2) is 39.6 Å². The Morgan fingerprint density at radius 3 is 2.47 bits per heavy atom. The van der Waals surface area contributed by atoms with Crippen LogP contribution >= 0.6 is 15.9 Å². The highest BCUT2D eigenvalue weighted by Gasteiger charge is 2.29. The largest absolute Gasteiger partial charge is 0.345 e. The van der Waals surface area contributed by atoms with Crippen molar-refractivity contribution >= 4 is 21.8 Å². The predicted molar refractivity (Wildman–Crippen MR) is 126 cm³/mol. The number of nitrogens with zero attached hydrogens (tertiary/aromatic N) is 1. The Hall–Kier alpha value is -2.08. The van der Waals surface area contributed by atoms with E-state index < -0.39 is 0 Å². The van der Waals surface area contributed by atoms with Crippen LogP contribution in [0.1, 0.15) is 78.7 Å². The first-order chi connectivity index (χ1) is 14.5. The van der Waals surface area contributed by atoms with E-state index in [0.717, 1.165) is 24.8 Å². The number of pyridine rings is 1. The summed E-state index contributed by atoms with van der Waals surface area (Å²) < 4.78 is 1.92. The van der Waals surface area contributed by atoms with Crippen molar-refractivity contribution in [3.8, 4) is 0 Å². The lowest BCUT2D eigenvalue weighted by molar-refractivity contribution is 0.0910. The summed E-state index contributed by atoms with van der Waals surface area (Å²) in [4.78, 5) is 26.2. The molecule has 30 heavy (non-hydrogen) atoms. The van der Waals surface area contributed by atoms with E-state index >= 15 is 0 Å². The Balaban J connectivity index is 1.97. The molecule has 2 N–H and O–H groups in total. The van der Waals surface area contributed by atoms with Gasteiger partial charge in [-0.2, -0.15) is 0 Å². The summed E-state index contributed by atoms with van der Waals surface area (Å²) in [5.74, 6) is 0.301. The maximum atomic E-state index is 13.5. The van der Waals surface area contributed by atoms with E-state index in [1.165, 1.54) is 23.9 Å². The van der Waals surface area contributed by atoms with E-state index in [9.17, 15) is 9.59 Å². The molecule has 2 aromatic rings. The van der Waals surface area contributed by atoms with Gasteiger partial charge in [-0.1, -0.05) is 56.5 Å². The highest BCUT2D eigenvalue weighted by molar-refractivity contribution is 9.10. The molecule has 1 atom stereocenters. The molecular weight excluding hydrogens is 442 g/mol. The number of rotatable bonds is 7. The topological polar surface area (TPSA) is 63.1 Å². The lowest BCUT2D eigenvalue weighted by Gasteiger charge is -2.32. The van der Waals surface area contributed by atoms with Gasteiger partial charge in [0.2, 0.25) is 0 Å². The van der Waals surface area contributed by atoms with Crippen LogP contribution in [-0.2, 0) is 0 Å². The molecule has 1 fully saturated rings. The standard InChI is InChI=1S/C24H32BrN3O2/c1-4-15-26-28-17(3)20(16(2)21(25)24(28)30)23(29)27-22(18-11-7-5-8-12-18)19-13-9-6-10-14-19/h5,7-8,11-12,19,22,26H,4,6,9-10,13-15H2,1-3H3,(H,27,29). The van der Waals surface area contributed by atoms with E-state index in [1.54, 1.807) is 0 Å². The minimum absolute atomic E-state index is 0.0273. The van der Waals surface area contributed by atoms with Gasteiger partial charge in [-0.25, -0.2) is 4.68 Å². The number of amides is 1. The van der Waals surface area contributed by atoms with Crippen LogP contribution in [0.4, 0.5) is 0 Å². The third-order valence-electron chi connectivity index (χ3n) is 6.11. The van der Waals surface area contributed by atoms with Gasteiger partial charge in [0.05, 0.1) is 21.8 Å². The van der Waals surface area contributed by atoms with Gasteiger partial charge in [-0.15, -0.1) is 0 Å². The fourth-order valence-electron chi connectivity index (χ4n) is 4.47. The van der Waals surface area contributed by atoms with Crippen LogP contribution in [0.3, 0.4) is 0 Å². The zero-order valence-corrected chi connectivity index (χ0v) is 19.7. The van der Waals surface area contributed by atoms with E-state index in [2.05, 4.69) is 38.8 Å². The molecule has 0 saturated heterocycles. The monoisotopic (exact) mass is 473 g/mol. The Kier molecular flexibility index (Phi) is 7.75. The van der Waals surface area contributed by atoms with E-state index in [4.69, 9.17) is 0 Å². The Morgan fingerprint density at radius 2 is 1.83 bits per heavy atom. The van der Waals surface area contributed by atoms with Gasteiger partial charge in [-0.05, 0) is 66.1 Å². The minimum Gasteiger partial charge on any atom is -0.345 e. The highest BCUT2D eigenvalue weighted by Crippen LogP contribution is 2.35. The summed E-state index contributed by atoms with van der Waals surface area (Å²) >= 11 is 3.41. The SMILES string of the molecule is CCCNn1c(C)c(C(=O)NC(c2ccccc2)C2CCCCC2)c(C)c(Br)c1=O. The van der Waals surface area contributed by atoms with Gasteiger partial charge in [-0.3, -0.25) is 9.59 Å². The molecule has 0 aliphatic heterocycles. The van der Waals surface area contributed by atoms with Gasteiger partial charge in [0.25, 0.3) is 11.5 Å². The van der Waals surface area contributed by atoms with Crippen LogP contribution in [-0.4, -0.2) is 17.1 Å². The van der Waals surface area contributed by atoms with Crippen molar-refractivity contribution in [1.82, 2.24) is 9.99 Å². The molecule has 0 spiro atoms. The van der Waals surface area contributed by atoms with Crippen molar-refractivity contribution in [2.45, 2.75) is 65.3 Å². The first-order valence-electron chi connectivity index (χ1n) is 11.0. The summed E-state index contributed by atoms with van der Waals surface area (Å²) in [6, 6.07) is 10.2. The van der Waals surface area contributed by atoms with Gasteiger partial charge >= 0.3 is 0 Å². The molecule has 1 unspecified atom stereocenters. The second-order valence-corrected chi connectivity index (χ2v) is 9.00. The lowest BCUT2D eigenvalue weighted by Crippen LogP contribution is -2.39.